The van der Waals surface area contributed by atoms with Crippen molar-refractivity contribution in [2.75, 3.05) is 0 Å². The van der Waals surface area contributed by atoms with Gasteiger partial charge in [-0.3, -0.25) is 4.79 Å². The summed E-state index contributed by atoms with van der Waals surface area (Å²) in [6.45, 7) is 0.486. The molecule has 0 aliphatic heterocycles. The number of fused-ring (bicyclic) bond motifs is 1. The molecule has 0 saturated heterocycles. The number of hydrogen-bond donors (Lipinski definition) is 2. The monoisotopic (exact) mass is 343 g/mol. The van der Waals surface area contributed by atoms with Crippen molar-refractivity contribution >= 4 is 16.7 Å². The molecular formula is C22H17NO3. The van der Waals surface area contributed by atoms with Crippen LogP contribution in [0.25, 0.3) is 10.9 Å². The van der Waals surface area contributed by atoms with E-state index in [2.05, 4.69) is 4.98 Å². The topological polar surface area (TPSA) is 62.3 Å². The minimum atomic E-state index is -0.102. The van der Waals surface area contributed by atoms with Crippen LogP contribution < -0.4 is 4.74 Å². The lowest BCUT2D eigenvalue weighted by Gasteiger charge is -2.07. The summed E-state index contributed by atoms with van der Waals surface area (Å²) in [7, 11) is 0. The van der Waals surface area contributed by atoms with Crippen molar-refractivity contribution in [1.82, 2.24) is 4.98 Å². The number of aromatic nitrogens is 1. The molecule has 0 bridgehead atoms. The van der Waals surface area contributed by atoms with E-state index in [1.54, 1.807) is 48.5 Å². The lowest BCUT2D eigenvalue weighted by Crippen LogP contribution is -2.02. The number of aromatic amines is 1. The Morgan fingerprint density at radius 3 is 2.46 bits per heavy atom. The molecule has 0 radical (unpaired) electrons. The van der Waals surface area contributed by atoms with Gasteiger partial charge in [-0.15, -0.1) is 0 Å². The number of carbonyl (C=O) groups excluding carboxylic acids is 1. The van der Waals surface area contributed by atoms with Crippen LogP contribution in [0.3, 0.4) is 0 Å². The first-order chi connectivity index (χ1) is 12.7. The Morgan fingerprint density at radius 1 is 0.923 bits per heavy atom. The van der Waals surface area contributed by atoms with Gasteiger partial charge in [0.1, 0.15) is 18.1 Å². The van der Waals surface area contributed by atoms with E-state index >= 15 is 0 Å². The Balaban J connectivity index is 1.49. The van der Waals surface area contributed by atoms with Crippen molar-refractivity contribution in [3.63, 3.8) is 0 Å². The number of ketones is 1. The minimum absolute atomic E-state index is 0.102. The molecule has 1 aromatic heterocycles. The quantitative estimate of drug-likeness (QED) is 0.517. The van der Waals surface area contributed by atoms with Crippen LogP contribution in [-0.2, 0) is 6.61 Å². The highest BCUT2D eigenvalue weighted by Gasteiger charge is 2.12. The first-order valence-corrected chi connectivity index (χ1v) is 8.32. The molecule has 3 aromatic carbocycles. The Bertz CT molecular complexity index is 1050. The van der Waals surface area contributed by atoms with Crippen molar-refractivity contribution in [3.8, 4) is 11.5 Å². The van der Waals surface area contributed by atoms with E-state index < -0.39 is 0 Å². The van der Waals surface area contributed by atoms with Gasteiger partial charge >= 0.3 is 0 Å². The predicted molar refractivity (Wildman–Crippen MR) is 101 cm³/mol. The highest BCUT2D eigenvalue weighted by Crippen LogP contribution is 2.23. The zero-order valence-electron chi connectivity index (χ0n) is 14.0. The second-order valence-corrected chi connectivity index (χ2v) is 6.08. The average Bonchev–Trinajstić information content (AvgIpc) is 3.10. The molecule has 0 aliphatic rings. The van der Waals surface area contributed by atoms with Gasteiger partial charge in [-0.25, -0.2) is 0 Å². The molecule has 4 aromatic rings. The molecule has 0 spiro atoms. The Morgan fingerprint density at radius 2 is 1.69 bits per heavy atom. The number of phenolic OH excluding ortho intramolecular Hbond substituents is 1. The average molecular weight is 343 g/mol. The van der Waals surface area contributed by atoms with E-state index in [9.17, 15) is 9.90 Å². The third-order valence-electron chi connectivity index (χ3n) is 4.21. The van der Waals surface area contributed by atoms with Crippen LogP contribution in [-0.4, -0.2) is 15.9 Å². The molecule has 4 nitrogen and oxygen atoms in total. The van der Waals surface area contributed by atoms with E-state index in [1.165, 1.54) is 0 Å². The summed E-state index contributed by atoms with van der Waals surface area (Å²) in [4.78, 5) is 15.7. The van der Waals surface area contributed by atoms with Gasteiger partial charge in [0, 0.05) is 16.5 Å². The number of phenols is 1. The highest BCUT2D eigenvalue weighted by molar-refractivity contribution is 6.10. The zero-order valence-corrected chi connectivity index (χ0v) is 14.0. The number of H-pyrrole nitrogens is 1. The molecule has 0 fully saturated rings. The van der Waals surface area contributed by atoms with Crippen molar-refractivity contribution in [3.05, 3.63) is 95.7 Å². The number of benzene rings is 3. The van der Waals surface area contributed by atoms with Gasteiger partial charge in [-0.05, 0) is 54.1 Å². The number of nitrogens with one attached hydrogen (secondary N) is 1. The fraction of sp³-hybridized carbons (Fsp3) is 0.0455. The number of aromatic hydroxyl groups is 1. The summed E-state index contributed by atoms with van der Waals surface area (Å²) >= 11 is 0. The molecule has 0 unspecified atom stereocenters. The maximum atomic E-state index is 12.7. The Hall–Kier alpha value is -3.53. The third-order valence-corrected chi connectivity index (χ3v) is 4.21. The molecule has 0 atom stereocenters. The molecule has 0 aliphatic carbocycles. The van der Waals surface area contributed by atoms with Gasteiger partial charge in [0.05, 0.1) is 5.69 Å². The Kier molecular flexibility index (Phi) is 4.15. The van der Waals surface area contributed by atoms with Gasteiger partial charge in [0.15, 0.2) is 0 Å². The fourth-order valence-electron chi connectivity index (χ4n) is 2.84. The number of ether oxygens (including phenoxy) is 1. The lowest BCUT2D eigenvalue weighted by molar-refractivity contribution is 0.103. The van der Waals surface area contributed by atoms with Gasteiger partial charge in [0.25, 0.3) is 0 Å². The first-order valence-electron chi connectivity index (χ1n) is 8.32. The first kappa shape index (κ1) is 16.0. The zero-order chi connectivity index (χ0) is 17.9. The van der Waals surface area contributed by atoms with Crippen LogP contribution in [0.2, 0.25) is 0 Å². The van der Waals surface area contributed by atoms with Crippen LogP contribution in [0.15, 0.2) is 78.9 Å². The summed E-state index contributed by atoms with van der Waals surface area (Å²) in [5.74, 6) is 0.790. The molecule has 4 heteroatoms. The van der Waals surface area contributed by atoms with Gasteiger partial charge < -0.3 is 14.8 Å². The van der Waals surface area contributed by atoms with Crippen molar-refractivity contribution in [1.29, 1.82) is 0 Å². The summed E-state index contributed by atoms with van der Waals surface area (Å²) in [6.07, 6.45) is 0. The van der Waals surface area contributed by atoms with E-state index in [-0.39, 0.29) is 11.5 Å². The van der Waals surface area contributed by atoms with E-state index in [0.717, 1.165) is 16.5 Å². The molecule has 0 amide bonds. The fourth-order valence-corrected chi connectivity index (χ4v) is 2.84. The van der Waals surface area contributed by atoms with Crippen LogP contribution in [0.1, 0.15) is 21.6 Å². The summed E-state index contributed by atoms with van der Waals surface area (Å²) in [5.41, 5.74) is 2.97. The van der Waals surface area contributed by atoms with Crippen LogP contribution >= 0.6 is 0 Å². The van der Waals surface area contributed by atoms with E-state index in [0.29, 0.717) is 23.6 Å². The van der Waals surface area contributed by atoms with Crippen LogP contribution in [0, 0.1) is 0 Å². The molecule has 26 heavy (non-hydrogen) atoms. The molecular weight excluding hydrogens is 326 g/mol. The normalized spacial score (nSPS) is 10.8. The maximum Gasteiger partial charge on any atom is 0.209 e. The highest BCUT2D eigenvalue weighted by atomic mass is 16.5. The number of hydrogen-bond acceptors (Lipinski definition) is 3. The smallest absolute Gasteiger partial charge is 0.209 e. The van der Waals surface area contributed by atoms with Gasteiger partial charge in [-0.2, -0.15) is 0 Å². The summed E-state index contributed by atoms with van der Waals surface area (Å²) in [6, 6.07) is 23.7. The second kappa shape index (κ2) is 6.76. The van der Waals surface area contributed by atoms with Crippen molar-refractivity contribution in [2.45, 2.75) is 6.61 Å². The molecule has 1 heterocycles. The lowest BCUT2D eigenvalue weighted by atomic mass is 10.1. The second-order valence-electron chi connectivity index (χ2n) is 6.08. The largest absolute Gasteiger partial charge is 0.508 e. The van der Waals surface area contributed by atoms with Gasteiger partial charge in [0.2, 0.25) is 5.78 Å². The predicted octanol–water partition coefficient (Wildman–Crippen LogP) is 4.68. The maximum absolute atomic E-state index is 12.7. The number of carbonyl (C=O) groups is 1. The van der Waals surface area contributed by atoms with Crippen molar-refractivity contribution in [2.24, 2.45) is 0 Å². The SMILES string of the molecule is O=C(c1ccc(OCc2ccccc2)cc1)c1cc2cc(O)ccc2[nH]1. The summed E-state index contributed by atoms with van der Waals surface area (Å²) < 4.78 is 5.75. The minimum Gasteiger partial charge on any atom is -0.508 e. The van der Waals surface area contributed by atoms with Gasteiger partial charge in [-0.1, -0.05) is 30.3 Å². The molecule has 128 valence electrons. The van der Waals surface area contributed by atoms with Crippen LogP contribution in [0.5, 0.6) is 11.5 Å². The van der Waals surface area contributed by atoms with Crippen LogP contribution in [0.4, 0.5) is 0 Å². The summed E-state index contributed by atoms with van der Waals surface area (Å²) in [5, 5.41) is 10.3. The Labute approximate surface area is 150 Å². The molecule has 4 rings (SSSR count). The standard InChI is InChI=1S/C22H17NO3/c24-18-8-11-20-17(12-18)13-21(23-20)22(25)16-6-9-19(10-7-16)26-14-15-4-2-1-3-5-15/h1-13,23-24H,14H2. The third kappa shape index (κ3) is 3.30. The number of rotatable bonds is 5. The molecule has 0 saturated carbocycles. The molecule has 2 N–H and O–H groups in total. The van der Waals surface area contributed by atoms with E-state index in [4.69, 9.17) is 4.74 Å². The van der Waals surface area contributed by atoms with Crippen molar-refractivity contribution < 1.29 is 14.6 Å². The van der Waals surface area contributed by atoms with E-state index in [1.807, 2.05) is 30.3 Å².